The van der Waals surface area contributed by atoms with E-state index < -0.39 is 17.4 Å². The number of hydrogen-bond donors (Lipinski definition) is 0. The molecule has 1 saturated heterocycles. The number of likely N-dealkylation sites (tertiary alicyclic amines) is 1. The molecule has 0 radical (unpaired) electrons. The quantitative estimate of drug-likeness (QED) is 0.766. The molecule has 2 aliphatic heterocycles. The summed E-state index contributed by atoms with van der Waals surface area (Å²) in [5, 5.41) is 0. The molecule has 0 aromatic carbocycles. The van der Waals surface area contributed by atoms with Crippen LogP contribution >= 0.6 is 0 Å². The summed E-state index contributed by atoms with van der Waals surface area (Å²) in [6.45, 7) is 3.90. The minimum absolute atomic E-state index is 0.118. The summed E-state index contributed by atoms with van der Waals surface area (Å²) in [5.74, 6) is -0.118. The van der Waals surface area contributed by atoms with Crippen LogP contribution in [0.25, 0.3) is 0 Å². The highest BCUT2D eigenvalue weighted by molar-refractivity contribution is 5.92. The number of nitrogens with zero attached hydrogens (tertiary/aromatic N) is 4. The number of likely N-dealkylation sites (N-methyl/N-ethyl adjacent to an activating group) is 1. The van der Waals surface area contributed by atoms with E-state index in [0.717, 1.165) is 12.0 Å². The van der Waals surface area contributed by atoms with Crippen LogP contribution in [0, 0.1) is 0 Å². The summed E-state index contributed by atoms with van der Waals surface area (Å²) >= 11 is 0. The molecule has 1 fully saturated rings. The van der Waals surface area contributed by atoms with Gasteiger partial charge in [0, 0.05) is 38.1 Å². The highest BCUT2D eigenvalue weighted by Gasteiger charge is 2.47. The van der Waals surface area contributed by atoms with Gasteiger partial charge in [-0.05, 0) is 50.1 Å². The molecule has 4 heterocycles. The molecule has 0 unspecified atom stereocenters. The van der Waals surface area contributed by atoms with Gasteiger partial charge in [0.1, 0.15) is 11.4 Å². The number of rotatable bonds is 2. The van der Waals surface area contributed by atoms with E-state index in [9.17, 15) is 18.0 Å². The Labute approximate surface area is 168 Å². The normalized spacial score (nSPS) is 19.4. The van der Waals surface area contributed by atoms with E-state index in [4.69, 9.17) is 0 Å². The first-order valence-corrected chi connectivity index (χ1v) is 9.99. The standard InChI is InChI=1S/C21H25F3N4O/c1-3-15-4-5-16(25-14-15)19(29)27-10-8-20(9-11-27)17-6-7-18(21(22,23)24)28(17)13-12-26(20)2/h4-7,14H,3,8-13H2,1-2H3. The van der Waals surface area contributed by atoms with Crippen LogP contribution in [0.2, 0.25) is 0 Å². The molecule has 4 rings (SSSR count). The summed E-state index contributed by atoms with van der Waals surface area (Å²) in [5.41, 5.74) is 1.13. The third-order valence-corrected chi connectivity index (χ3v) is 6.47. The number of amides is 1. The molecule has 29 heavy (non-hydrogen) atoms. The predicted octanol–water partition coefficient (Wildman–Crippen LogP) is 3.54. The van der Waals surface area contributed by atoms with E-state index in [1.54, 1.807) is 23.2 Å². The minimum Gasteiger partial charge on any atom is -0.338 e. The summed E-state index contributed by atoms with van der Waals surface area (Å²) in [6.07, 6.45) is -0.575. The Kier molecular flexibility index (Phi) is 4.93. The van der Waals surface area contributed by atoms with Crippen LogP contribution in [-0.2, 0) is 24.7 Å². The first-order valence-electron chi connectivity index (χ1n) is 9.99. The molecule has 1 amide bonds. The monoisotopic (exact) mass is 406 g/mol. The largest absolute Gasteiger partial charge is 0.431 e. The van der Waals surface area contributed by atoms with Gasteiger partial charge in [0.2, 0.25) is 0 Å². The molecule has 2 aromatic rings. The van der Waals surface area contributed by atoms with Crippen molar-refractivity contribution in [3.63, 3.8) is 0 Å². The molecule has 0 N–H and O–H groups in total. The van der Waals surface area contributed by atoms with Gasteiger partial charge in [0.25, 0.3) is 5.91 Å². The van der Waals surface area contributed by atoms with Crippen molar-refractivity contribution in [2.24, 2.45) is 0 Å². The van der Waals surface area contributed by atoms with Gasteiger partial charge < -0.3 is 9.47 Å². The highest BCUT2D eigenvalue weighted by Crippen LogP contribution is 2.43. The summed E-state index contributed by atoms with van der Waals surface area (Å²) in [4.78, 5) is 21.0. The second-order valence-corrected chi connectivity index (χ2v) is 7.90. The Morgan fingerprint density at radius 2 is 1.83 bits per heavy atom. The summed E-state index contributed by atoms with van der Waals surface area (Å²) in [7, 11) is 1.96. The topological polar surface area (TPSA) is 41.4 Å². The van der Waals surface area contributed by atoms with E-state index in [2.05, 4.69) is 9.88 Å². The fraction of sp³-hybridized carbons (Fsp3) is 0.524. The van der Waals surface area contributed by atoms with Crippen molar-refractivity contribution in [2.45, 2.75) is 44.4 Å². The smallest absolute Gasteiger partial charge is 0.338 e. The summed E-state index contributed by atoms with van der Waals surface area (Å²) in [6, 6.07) is 6.46. The highest BCUT2D eigenvalue weighted by atomic mass is 19.4. The second kappa shape index (κ2) is 7.16. The Morgan fingerprint density at radius 1 is 1.10 bits per heavy atom. The average molecular weight is 406 g/mol. The second-order valence-electron chi connectivity index (χ2n) is 7.90. The molecule has 156 valence electrons. The zero-order valence-electron chi connectivity index (χ0n) is 16.7. The number of piperidine rings is 1. The van der Waals surface area contributed by atoms with Crippen LogP contribution in [-0.4, -0.2) is 51.9 Å². The SMILES string of the molecule is CCc1ccc(C(=O)N2CCC3(CC2)c2ccc(C(F)(F)F)n2CCN3C)nc1. The van der Waals surface area contributed by atoms with Crippen molar-refractivity contribution in [2.75, 3.05) is 26.7 Å². The summed E-state index contributed by atoms with van der Waals surface area (Å²) < 4.78 is 41.6. The lowest BCUT2D eigenvalue weighted by molar-refractivity contribution is -0.144. The van der Waals surface area contributed by atoms with Gasteiger partial charge in [0.05, 0.1) is 5.54 Å². The maximum absolute atomic E-state index is 13.4. The van der Waals surface area contributed by atoms with E-state index in [1.807, 2.05) is 20.0 Å². The van der Waals surface area contributed by atoms with Crippen LogP contribution in [0.5, 0.6) is 0 Å². The third-order valence-electron chi connectivity index (χ3n) is 6.47. The van der Waals surface area contributed by atoms with E-state index in [1.165, 1.54) is 10.6 Å². The number of carbonyl (C=O) groups excluding carboxylic acids is 1. The number of fused-ring (bicyclic) bond motifs is 2. The van der Waals surface area contributed by atoms with Crippen molar-refractivity contribution in [3.8, 4) is 0 Å². The molecule has 2 aliphatic rings. The lowest BCUT2D eigenvalue weighted by Crippen LogP contribution is -2.56. The van der Waals surface area contributed by atoms with Gasteiger partial charge in [-0.2, -0.15) is 13.2 Å². The first-order chi connectivity index (χ1) is 13.8. The zero-order valence-corrected chi connectivity index (χ0v) is 16.7. The average Bonchev–Trinajstić information content (AvgIpc) is 3.17. The van der Waals surface area contributed by atoms with Gasteiger partial charge in [-0.25, -0.2) is 0 Å². The zero-order chi connectivity index (χ0) is 20.8. The Bertz CT molecular complexity index is 896. The third kappa shape index (κ3) is 3.33. The number of aryl methyl sites for hydroxylation is 1. The van der Waals surface area contributed by atoms with Crippen molar-refractivity contribution < 1.29 is 18.0 Å². The lowest BCUT2D eigenvalue weighted by atomic mass is 9.81. The van der Waals surface area contributed by atoms with Crippen molar-refractivity contribution >= 4 is 5.91 Å². The van der Waals surface area contributed by atoms with Crippen LogP contribution in [0.3, 0.4) is 0 Å². The molecule has 0 atom stereocenters. The molecular weight excluding hydrogens is 381 g/mol. The number of alkyl halides is 3. The van der Waals surface area contributed by atoms with Gasteiger partial charge in [-0.3, -0.25) is 14.7 Å². The van der Waals surface area contributed by atoms with Crippen LogP contribution in [0.4, 0.5) is 13.2 Å². The van der Waals surface area contributed by atoms with Gasteiger partial charge in [0.15, 0.2) is 0 Å². The number of aromatic nitrogens is 2. The molecule has 1 spiro atoms. The van der Waals surface area contributed by atoms with E-state index >= 15 is 0 Å². The first kappa shape index (κ1) is 19.9. The Balaban J connectivity index is 1.55. The maximum atomic E-state index is 13.4. The van der Waals surface area contributed by atoms with Crippen molar-refractivity contribution in [3.05, 3.63) is 53.1 Å². The van der Waals surface area contributed by atoms with Crippen LogP contribution < -0.4 is 0 Å². The molecule has 0 bridgehead atoms. The van der Waals surface area contributed by atoms with Crippen molar-refractivity contribution in [1.82, 2.24) is 19.4 Å². The maximum Gasteiger partial charge on any atom is 0.431 e. The number of halogens is 3. The van der Waals surface area contributed by atoms with Gasteiger partial charge in [-0.15, -0.1) is 0 Å². The van der Waals surface area contributed by atoms with E-state index in [-0.39, 0.29) is 5.91 Å². The van der Waals surface area contributed by atoms with Gasteiger partial charge >= 0.3 is 6.18 Å². The number of pyridine rings is 1. The fourth-order valence-electron chi connectivity index (χ4n) is 4.66. The van der Waals surface area contributed by atoms with Gasteiger partial charge in [-0.1, -0.05) is 13.0 Å². The lowest BCUT2D eigenvalue weighted by Gasteiger charge is -2.50. The molecule has 0 saturated carbocycles. The molecule has 5 nitrogen and oxygen atoms in total. The molecule has 2 aromatic heterocycles. The minimum atomic E-state index is -4.36. The predicted molar refractivity (Wildman–Crippen MR) is 102 cm³/mol. The van der Waals surface area contributed by atoms with Crippen molar-refractivity contribution in [1.29, 1.82) is 0 Å². The molecular formula is C21H25F3N4O. The van der Waals surface area contributed by atoms with Crippen LogP contribution in [0.1, 0.15) is 47.2 Å². The molecule has 8 heteroatoms. The Hall–Kier alpha value is -2.35. The fourth-order valence-corrected chi connectivity index (χ4v) is 4.66. The Morgan fingerprint density at radius 3 is 2.41 bits per heavy atom. The number of hydrogen-bond acceptors (Lipinski definition) is 3. The molecule has 0 aliphatic carbocycles. The van der Waals surface area contributed by atoms with Crippen LogP contribution in [0.15, 0.2) is 30.5 Å². The van der Waals surface area contributed by atoms with E-state index in [0.29, 0.717) is 50.4 Å². The number of carbonyl (C=O) groups is 1.